The van der Waals surface area contributed by atoms with Crippen molar-refractivity contribution in [3.8, 4) is 0 Å². The molecule has 3 fully saturated rings. The average molecular weight is 600 g/mol. The molecule has 44 heavy (non-hydrogen) atoms. The minimum atomic E-state index is -0.989. The zero-order valence-corrected chi connectivity index (χ0v) is 24.1. The number of carbonyl (C=O) groups excluding carboxylic acids is 5. The number of hydrogen-bond acceptors (Lipinski definition) is 8. The fourth-order valence-corrected chi connectivity index (χ4v) is 6.26. The first-order valence-corrected chi connectivity index (χ1v) is 15.1. The average Bonchev–Trinajstić information content (AvgIpc) is 3.33. The van der Waals surface area contributed by atoms with Crippen LogP contribution in [0.25, 0.3) is 0 Å². The highest BCUT2D eigenvalue weighted by Gasteiger charge is 2.41. The number of aromatic nitrogens is 3. The van der Waals surface area contributed by atoms with Gasteiger partial charge in [0.2, 0.25) is 17.7 Å². The molecule has 4 aliphatic rings. The number of carbonyl (C=O) groups is 5. The smallest absolute Gasteiger partial charge is 0.277 e. The van der Waals surface area contributed by atoms with Crippen molar-refractivity contribution in [2.24, 2.45) is 5.92 Å². The Kier molecular flexibility index (Phi) is 7.23. The van der Waals surface area contributed by atoms with Crippen molar-refractivity contribution in [3.05, 3.63) is 71.2 Å². The van der Waals surface area contributed by atoms with Gasteiger partial charge < -0.3 is 19.5 Å². The molecule has 228 valence electrons. The number of imide groups is 1. The number of piperidine rings is 1. The van der Waals surface area contributed by atoms with Gasteiger partial charge in [-0.1, -0.05) is 18.6 Å². The number of amides is 5. The Morgan fingerprint density at radius 1 is 1.11 bits per heavy atom. The molecule has 2 unspecified atom stereocenters. The molecule has 1 saturated heterocycles. The van der Waals surface area contributed by atoms with Gasteiger partial charge in [0.1, 0.15) is 12.3 Å². The summed E-state index contributed by atoms with van der Waals surface area (Å²) in [6, 6.07) is 5.43. The SMILES string of the molecule is O=C1CCC(N2Cc3cc(CN(C(=O)c4cocn4)C(C(=O)NC4CC4)c4ccnn4CC4CCC4)ccc3C2=O)C(=O)N1. The monoisotopic (exact) mass is 599 g/mol. The number of benzene rings is 1. The molecule has 3 aromatic rings. The van der Waals surface area contributed by atoms with E-state index in [4.69, 9.17) is 4.42 Å². The molecule has 13 heteroatoms. The summed E-state index contributed by atoms with van der Waals surface area (Å²) in [5.74, 6) is -1.40. The van der Waals surface area contributed by atoms with Gasteiger partial charge in [0.25, 0.3) is 11.8 Å². The van der Waals surface area contributed by atoms with Gasteiger partial charge in [-0.2, -0.15) is 5.10 Å². The molecule has 2 aliphatic heterocycles. The summed E-state index contributed by atoms with van der Waals surface area (Å²) in [6.07, 6.45) is 9.69. The zero-order valence-electron chi connectivity index (χ0n) is 24.1. The first-order chi connectivity index (χ1) is 21.4. The molecule has 0 bridgehead atoms. The van der Waals surface area contributed by atoms with Crippen molar-refractivity contribution < 1.29 is 28.4 Å². The molecule has 4 heterocycles. The minimum Gasteiger partial charge on any atom is -0.451 e. The van der Waals surface area contributed by atoms with Gasteiger partial charge in [-0.15, -0.1) is 0 Å². The number of rotatable bonds is 10. The zero-order chi connectivity index (χ0) is 30.4. The van der Waals surface area contributed by atoms with E-state index in [1.54, 1.807) is 24.4 Å². The van der Waals surface area contributed by atoms with Crippen molar-refractivity contribution in [2.45, 2.75) is 82.7 Å². The first-order valence-electron chi connectivity index (χ1n) is 15.1. The summed E-state index contributed by atoms with van der Waals surface area (Å²) >= 11 is 0. The van der Waals surface area contributed by atoms with Gasteiger partial charge in [0, 0.05) is 43.9 Å². The van der Waals surface area contributed by atoms with Crippen LogP contribution in [-0.2, 0) is 34.0 Å². The summed E-state index contributed by atoms with van der Waals surface area (Å²) in [5.41, 5.74) is 2.56. The van der Waals surface area contributed by atoms with Gasteiger partial charge in [-0.3, -0.25) is 34.0 Å². The van der Waals surface area contributed by atoms with E-state index in [-0.39, 0.29) is 55.4 Å². The fourth-order valence-electron chi connectivity index (χ4n) is 6.26. The number of nitrogens with zero attached hydrogens (tertiary/aromatic N) is 5. The van der Waals surface area contributed by atoms with Gasteiger partial charge in [-0.05, 0) is 61.3 Å². The van der Waals surface area contributed by atoms with E-state index in [9.17, 15) is 24.0 Å². The molecular weight excluding hydrogens is 566 g/mol. The molecule has 2 aromatic heterocycles. The van der Waals surface area contributed by atoms with Crippen LogP contribution in [0.2, 0.25) is 0 Å². The second-order valence-electron chi connectivity index (χ2n) is 12.1. The van der Waals surface area contributed by atoms with E-state index in [0.717, 1.165) is 25.7 Å². The Labute approximate surface area is 253 Å². The molecule has 13 nitrogen and oxygen atoms in total. The van der Waals surface area contributed by atoms with Crippen LogP contribution in [0.5, 0.6) is 0 Å². The van der Waals surface area contributed by atoms with E-state index in [2.05, 4.69) is 20.7 Å². The highest BCUT2D eigenvalue weighted by Crippen LogP contribution is 2.33. The molecule has 2 saturated carbocycles. The van der Waals surface area contributed by atoms with E-state index in [1.807, 2.05) is 10.7 Å². The Balaban J connectivity index is 1.21. The Hall–Kier alpha value is -4.81. The lowest BCUT2D eigenvalue weighted by Crippen LogP contribution is -2.52. The summed E-state index contributed by atoms with van der Waals surface area (Å²) in [4.78, 5) is 72.4. The highest BCUT2D eigenvalue weighted by atomic mass is 16.3. The van der Waals surface area contributed by atoms with Crippen LogP contribution in [0.15, 0.2) is 47.5 Å². The molecule has 2 atom stereocenters. The lowest BCUT2D eigenvalue weighted by atomic mass is 9.85. The van der Waals surface area contributed by atoms with Gasteiger partial charge in [0.15, 0.2) is 18.1 Å². The number of nitrogens with one attached hydrogen (secondary N) is 2. The Bertz CT molecular complexity index is 1620. The van der Waals surface area contributed by atoms with Crippen LogP contribution in [0.3, 0.4) is 0 Å². The molecule has 0 spiro atoms. The van der Waals surface area contributed by atoms with Gasteiger partial charge in [-0.25, -0.2) is 4.98 Å². The normalized spacial score (nSPS) is 20.6. The number of hydrogen-bond donors (Lipinski definition) is 2. The summed E-state index contributed by atoms with van der Waals surface area (Å²) < 4.78 is 6.96. The van der Waals surface area contributed by atoms with Crippen LogP contribution in [0.4, 0.5) is 0 Å². The Morgan fingerprint density at radius 3 is 2.66 bits per heavy atom. The minimum absolute atomic E-state index is 0.0446. The molecule has 2 N–H and O–H groups in total. The van der Waals surface area contributed by atoms with E-state index in [0.29, 0.717) is 34.8 Å². The molecule has 1 aromatic carbocycles. The van der Waals surface area contributed by atoms with Gasteiger partial charge in [0.05, 0.1) is 5.69 Å². The molecule has 5 amide bonds. The molecule has 0 radical (unpaired) electrons. The highest BCUT2D eigenvalue weighted by molar-refractivity contribution is 6.05. The van der Waals surface area contributed by atoms with E-state index in [1.165, 1.54) is 28.9 Å². The third-order valence-electron chi connectivity index (χ3n) is 9.02. The fraction of sp³-hybridized carbons (Fsp3) is 0.452. The van der Waals surface area contributed by atoms with Crippen LogP contribution >= 0.6 is 0 Å². The van der Waals surface area contributed by atoms with Gasteiger partial charge >= 0.3 is 0 Å². The maximum Gasteiger partial charge on any atom is 0.277 e. The van der Waals surface area contributed by atoms with Crippen molar-refractivity contribution in [1.82, 2.24) is 35.2 Å². The van der Waals surface area contributed by atoms with Crippen LogP contribution in [0.1, 0.15) is 88.7 Å². The van der Waals surface area contributed by atoms with E-state index < -0.39 is 23.9 Å². The summed E-state index contributed by atoms with van der Waals surface area (Å²) in [6.45, 7) is 0.910. The lowest BCUT2D eigenvalue weighted by Gasteiger charge is -2.32. The van der Waals surface area contributed by atoms with Crippen LogP contribution in [-0.4, -0.2) is 66.2 Å². The van der Waals surface area contributed by atoms with Crippen LogP contribution in [0, 0.1) is 5.92 Å². The van der Waals surface area contributed by atoms with Crippen molar-refractivity contribution in [2.75, 3.05) is 0 Å². The molecule has 2 aliphatic carbocycles. The maximum atomic E-state index is 14.0. The second kappa shape index (κ2) is 11.4. The maximum absolute atomic E-state index is 14.0. The molecular formula is C31H33N7O6. The third-order valence-corrected chi connectivity index (χ3v) is 9.02. The Morgan fingerprint density at radius 2 is 1.95 bits per heavy atom. The largest absolute Gasteiger partial charge is 0.451 e. The lowest BCUT2D eigenvalue weighted by molar-refractivity contribution is -0.137. The van der Waals surface area contributed by atoms with E-state index >= 15 is 0 Å². The second-order valence-corrected chi connectivity index (χ2v) is 12.1. The standard InChI is InChI=1S/C31H33N7O6/c39-26-9-8-25(28(40)35-26)36-15-20-12-19(4-7-22(20)30(36)42)13-37(31(43)23-16-44-17-32-23)27(29(41)34-21-5-6-21)24-10-11-33-38(24)14-18-2-1-3-18/h4,7,10-12,16-18,21,25,27H,1-3,5-6,8-9,13-15H2,(H,34,41)(H,35,39,40). The summed E-state index contributed by atoms with van der Waals surface area (Å²) in [5, 5.41) is 9.94. The predicted octanol–water partition coefficient (Wildman–Crippen LogP) is 2.09. The van der Waals surface area contributed by atoms with Crippen molar-refractivity contribution >= 4 is 29.5 Å². The number of fused-ring (bicyclic) bond motifs is 1. The summed E-state index contributed by atoms with van der Waals surface area (Å²) in [7, 11) is 0. The predicted molar refractivity (Wildman–Crippen MR) is 152 cm³/mol. The molecule has 7 rings (SSSR count). The van der Waals surface area contributed by atoms with Crippen molar-refractivity contribution in [3.63, 3.8) is 0 Å². The number of oxazole rings is 1. The first kappa shape index (κ1) is 28.0. The van der Waals surface area contributed by atoms with Crippen LogP contribution < -0.4 is 10.6 Å². The quantitative estimate of drug-likeness (QED) is 0.335. The van der Waals surface area contributed by atoms with Crippen molar-refractivity contribution in [1.29, 1.82) is 0 Å². The third kappa shape index (κ3) is 5.38. The topological polar surface area (TPSA) is 160 Å².